The van der Waals surface area contributed by atoms with Gasteiger partial charge >= 0.3 is 11.9 Å². The highest BCUT2D eigenvalue weighted by Crippen LogP contribution is 2.14. The minimum Gasteiger partial charge on any atom is -0.480 e. The molecule has 0 aromatic carbocycles. The SMILES string of the molecule is CCOC(=O)c1coc(N(CCN(C)C)CC(=O)O)n1. The summed E-state index contributed by atoms with van der Waals surface area (Å²) in [7, 11) is 3.75. The summed E-state index contributed by atoms with van der Waals surface area (Å²) < 4.78 is 9.96. The molecule has 1 N–H and O–H groups in total. The Kier molecular flexibility index (Phi) is 5.98. The molecule has 8 heteroatoms. The zero-order valence-electron chi connectivity index (χ0n) is 11.8. The number of hydrogen-bond acceptors (Lipinski definition) is 7. The standard InChI is InChI=1S/C12H19N3O5/c1-4-19-11(18)9-8-20-12(13-9)15(7-10(16)17)6-5-14(2)3/h8H,4-7H2,1-3H3,(H,16,17). The Hall–Kier alpha value is -2.09. The Morgan fingerprint density at radius 1 is 1.40 bits per heavy atom. The summed E-state index contributed by atoms with van der Waals surface area (Å²) in [6.07, 6.45) is 1.16. The zero-order valence-corrected chi connectivity index (χ0v) is 11.8. The van der Waals surface area contributed by atoms with Gasteiger partial charge in [-0.15, -0.1) is 0 Å². The van der Waals surface area contributed by atoms with Crippen LogP contribution in [0.25, 0.3) is 0 Å². The largest absolute Gasteiger partial charge is 0.480 e. The molecule has 0 aliphatic carbocycles. The van der Waals surface area contributed by atoms with Gasteiger partial charge in [0.05, 0.1) is 6.61 Å². The predicted molar refractivity (Wildman–Crippen MR) is 70.9 cm³/mol. The van der Waals surface area contributed by atoms with Crippen molar-refractivity contribution in [3.05, 3.63) is 12.0 Å². The van der Waals surface area contributed by atoms with Crippen molar-refractivity contribution in [2.45, 2.75) is 6.92 Å². The lowest BCUT2D eigenvalue weighted by Crippen LogP contribution is -2.35. The molecule has 8 nitrogen and oxygen atoms in total. The van der Waals surface area contributed by atoms with E-state index >= 15 is 0 Å². The first kappa shape index (κ1) is 16.0. The van der Waals surface area contributed by atoms with Gasteiger partial charge in [-0.1, -0.05) is 0 Å². The summed E-state index contributed by atoms with van der Waals surface area (Å²) >= 11 is 0. The summed E-state index contributed by atoms with van der Waals surface area (Å²) in [4.78, 5) is 29.7. The fourth-order valence-electron chi connectivity index (χ4n) is 1.43. The van der Waals surface area contributed by atoms with Crippen LogP contribution in [0.15, 0.2) is 10.7 Å². The fraction of sp³-hybridized carbons (Fsp3) is 0.583. The molecule has 20 heavy (non-hydrogen) atoms. The number of carbonyl (C=O) groups is 2. The molecule has 1 aromatic heterocycles. The predicted octanol–water partition coefficient (Wildman–Crippen LogP) is 0.304. The molecule has 1 heterocycles. The number of oxazole rings is 1. The number of carbonyl (C=O) groups excluding carboxylic acids is 1. The fourth-order valence-corrected chi connectivity index (χ4v) is 1.43. The minimum atomic E-state index is -1.00. The number of aromatic nitrogens is 1. The van der Waals surface area contributed by atoms with Crippen LogP contribution in [-0.4, -0.2) is 67.3 Å². The molecule has 0 saturated carbocycles. The van der Waals surface area contributed by atoms with Gasteiger partial charge in [0.25, 0.3) is 6.01 Å². The molecule has 0 aliphatic heterocycles. The summed E-state index contributed by atoms with van der Waals surface area (Å²) in [5, 5.41) is 8.89. The number of carboxylic acid groups (broad SMARTS) is 1. The molecular weight excluding hydrogens is 266 g/mol. The molecular formula is C12H19N3O5. The van der Waals surface area contributed by atoms with E-state index in [1.165, 1.54) is 4.90 Å². The number of ether oxygens (including phenoxy) is 1. The molecule has 0 bridgehead atoms. The molecule has 0 radical (unpaired) electrons. The Morgan fingerprint density at radius 3 is 2.65 bits per heavy atom. The number of carboxylic acids is 1. The molecule has 1 aromatic rings. The third kappa shape index (κ3) is 4.88. The average Bonchev–Trinajstić information content (AvgIpc) is 2.83. The molecule has 0 spiro atoms. The lowest BCUT2D eigenvalue weighted by molar-refractivity contribution is -0.135. The van der Waals surface area contributed by atoms with E-state index in [0.29, 0.717) is 13.1 Å². The number of aliphatic carboxylic acids is 1. The van der Waals surface area contributed by atoms with Crippen molar-refractivity contribution in [3.8, 4) is 0 Å². The van der Waals surface area contributed by atoms with E-state index in [0.717, 1.165) is 6.26 Å². The lowest BCUT2D eigenvalue weighted by Gasteiger charge is -2.20. The molecule has 0 saturated heterocycles. The first-order valence-electron chi connectivity index (χ1n) is 6.18. The van der Waals surface area contributed by atoms with E-state index in [2.05, 4.69) is 4.98 Å². The number of hydrogen-bond donors (Lipinski definition) is 1. The van der Waals surface area contributed by atoms with Crippen molar-refractivity contribution >= 4 is 18.0 Å². The van der Waals surface area contributed by atoms with Crippen LogP contribution in [0.4, 0.5) is 6.01 Å². The minimum absolute atomic E-state index is 0.0297. The Bertz CT molecular complexity index is 458. The molecule has 0 amide bonds. The maximum atomic E-state index is 11.5. The van der Waals surface area contributed by atoms with Gasteiger partial charge in [-0.2, -0.15) is 4.98 Å². The van der Waals surface area contributed by atoms with Gasteiger partial charge in [-0.25, -0.2) is 4.79 Å². The Balaban J connectivity index is 2.79. The Labute approximate surface area is 116 Å². The van der Waals surface area contributed by atoms with Crippen LogP contribution in [0.2, 0.25) is 0 Å². The summed E-state index contributed by atoms with van der Waals surface area (Å²) in [6.45, 7) is 2.72. The second-order valence-electron chi connectivity index (χ2n) is 4.35. The van der Waals surface area contributed by atoms with Gasteiger partial charge in [-0.3, -0.25) is 4.79 Å². The smallest absolute Gasteiger partial charge is 0.360 e. The first-order chi connectivity index (χ1) is 9.43. The van der Waals surface area contributed by atoms with E-state index in [-0.39, 0.29) is 24.9 Å². The number of anilines is 1. The highest BCUT2D eigenvalue weighted by Gasteiger charge is 2.19. The number of likely N-dealkylation sites (N-methyl/N-ethyl adjacent to an activating group) is 1. The van der Waals surface area contributed by atoms with Crippen LogP contribution in [0, 0.1) is 0 Å². The zero-order chi connectivity index (χ0) is 15.1. The van der Waals surface area contributed by atoms with Crippen LogP contribution in [0.3, 0.4) is 0 Å². The number of esters is 1. The van der Waals surface area contributed by atoms with Gasteiger partial charge < -0.3 is 24.1 Å². The van der Waals surface area contributed by atoms with E-state index in [1.54, 1.807) is 6.92 Å². The highest BCUT2D eigenvalue weighted by molar-refractivity contribution is 5.87. The molecule has 0 unspecified atom stereocenters. The molecule has 0 fully saturated rings. The second kappa shape index (κ2) is 7.49. The maximum absolute atomic E-state index is 11.5. The maximum Gasteiger partial charge on any atom is 0.360 e. The average molecular weight is 285 g/mol. The van der Waals surface area contributed by atoms with E-state index in [1.807, 2.05) is 19.0 Å². The van der Waals surface area contributed by atoms with Crippen LogP contribution < -0.4 is 4.90 Å². The van der Waals surface area contributed by atoms with Gasteiger partial charge in [0.15, 0.2) is 5.69 Å². The van der Waals surface area contributed by atoms with Gasteiger partial charge in [0.2, 0.25) is 0 Å². The van der Waals surface area contributed by atoms with Gasteiger partial charge in [0.1, 0.15) is 12.8 Å². The summed E-state index contributed by atoms with van der Waals surface area (Å²) in [6, 6.07) is 0.0947. The van der Waals surface area contributed by atoms with E-state index in [4.69, 9.17) is 14.3 Å². The molecule has 0 atom stereocenters. The number of rotatable bonds is 8. The van der Waals surface area contributed by atoms with Crippen LogP contribution in [0.5, 0.6) is 0 Å². The normalized spacial score (nSPS) is 10.6. The summed E-state index contributed by atoms with van der Waals surface area (Å²) in [5.74, 6) is -1.59. The van der Waals surface area contributed by atoms with Crippen molar-refractivity contribution in [3.63, 3.8) is 0 Å². The summed E-state index contributed by atoms with van der Waals surface area (Å²) in [5.41, 5.74) is 0.0297. The van der Waals surface area contributed by atoms with Crippen molar-refractivity contribution in [1.29, 1.82) is 0 Å². The lowest BCUT2D eigenvalue weighted by atomic mass is 10.4. The van der Waals surface area contributed by atoms with E-state index < -0.39 is 11.9 Å². The monoisotopic (exact) mass is 285 g/mol. The van der Waals surface area contributed by atoms with Crippen molar-refractivity contribution in [1.82, 2.24) is 9.88 Å². The van der Waals surface area contributed by atoms with Crippen molar-refractivity contribution < 1.29 is 23.8 Å². The van der Waals surface area contributed by atoms with Crippen molar-refractivity contribution in [2.75, 3.05) is 45.2 Å². The number of nitrogens with zero attached hydrogens (tertiary/aromatic N) is 3. The van der Waals surface area contributed by atoms with E-state index in [9.17, 15) is 9.59 Å². The topological polar surface area (TPSA) is 96.1 Å². The van der Waals surface area contributed by atoms with Crippen LogP contribution in [0.1, 0.15) is 17.4 Å². The van der Waals surface area contributed by atoms with Gasteiger partial charge in [0, 0.05) is 13.1 Å². The third-order valence-corrected chi connectivity index (χ3v) is 2.39. The quantitative estimate of drug-likeness (QED) is 0.681. The van der Waals surface area contributed by atoms with Crippen LogP contribution in [-0.2, 0) is 9.53 Å². The molecule has 112 valence electrons. The third-order valence-electron chi connectivity index (χ3n) is 2.39. The van der Waals surface area contributed by atoms with Crippen molar-refractivity contribution in [2.24, 2.45) is 0 Å². The van der Waals surface area contributed by atoms with Crippen LogP contribution >= 0.6 is 0 Å². The van der Waals surface area contributed by atoms with Gasteiger partial charge in [-0.05, 0) is 21.0 Å². The second-order valence-corrected chi connectivity index (χ2v) is 4.35. The first-order valence-corrected chi connectivity index (χ1v) is 6.18. The molecule has 1 rings (SSSR count). The highest BCUT2D eigenvalue weighted by atomic mass is 16.5. The Morgan fingerprint density at radius 2 is 2.10 bits per heavy atom. The molecule has 0 aliphatic rings.